The molecular formula is C14H19FO. The number of aliphatic hydroxyl groups is 1. The van der Waals surface area contributed by atoms with E-state index in [0.717, 1.165) is 24.8 Å². The van der Waals surface area contributed by atoms with Gasteiger partial charge in [-0.05, 0) is 48.8 Å². The molecule has 1 aliphatic carbocycles. The van der Waals surface area contributed by atoms with Crippen LogP contribution < -0.4 is 0 Å². The van der Waals surface area contributed by atoms with Crippen molar-refractivity contribution in [1.29, 1.82) is 0 Å². The van der Waals surface area contributed by atoms with E-state index in [1.807, 2.05) is 0 Å². The van der Waals surface area contributed by atoms with Crippen LogP contribution in [0.2, 0.25) is 0 Å². The van der Waals surface area contributed by atoms with Crippen LogP contribution in [-0.2, 0) is 5.60 Å². The SMILES string of the molecule is CC1CCC(O)(c2ccc(F)cc2)C(C)C1. The molecule has 1 nitrogen and oxygen atoms in total. The quantitative estimate of drug-likeness (QED) is 0.771. The van der Waals surface area contributed by atoms with Gasteiger partial charge in [-0.25, -0.2) is 4.39 Å². The molecular weight excluding hydrogens is 203 g/mol. The summed E-state index contributed by atoms with van der Waals surface area (Å²) in [4.78, 5) is 0. The van der Waals surface area contributed by atoms with Gasteiger partial charge in [-0.15, -0.1) is 0 Å². The summed E-state index contributed by atoms with van der Waals surface area (Å²) in [7, 11) is 0. The van der Waals surface area contributed by atoms with Crippen molar-refractivity contribution in [2.24, 2.45) is 11.8 Å². The molecule has 0 aliphatic heterocycles. The number of benzene rings is 1. The van der Waals surface area contributed by atoms with Gasteiger partial charge in [0.05, 0.1) is 5.60 Å². The third kappa shape index (κ3) is 1.99. The van der Waals surface area contributed by atoms with Crippen LogP contribution >= 0.6 is 0 Å². The second-order valence-corrected chi connectivity index (χ2v) is 5.21. The number of hydrogen-bond donors (Lipinski definition) is 1. The fourth-order valence-electron chi connectivity index (χ4n) is 2.80. The number of halogens is 1. The Morgan fingerprint density at radius 1 is 1.25 bits per heavy atom. The average Bonchev–Trinajstić information content (AvgIpc) is 2.25. The molecule has 88 valence electrons. The molecule has 2 heteroatoms. The first-order valence-electron chi connectivity index (χ1n) is 6.01. The lowest BCUT2D eigenvalue weighted by Gasteiger charge is -2.41. The maximum atomic E-state index is 12.9. The van der Waals surface area contributed by atoms with Gasteiger partial charge in [-0.2, -0.15) is 0 Å². The van der Waals surface area contributed by atoms with Gasteiger partial charge in [0.1, 0.15) is 5.82 Å². The number of rotatable bonds is 1. The van der Waals surface area contributed by atoms with E-state index >= 15 is 0 Å². The maximum absolute atomic E-state index is 12.9. The zero-order valence-corrected chi connectivity index (χ0v) is 9.91. The summed E-state index contributed by atoms with van der Waals surface area (Å²) in [5, 5.41) is 10.7. The Hall–Kier alpha value is -0.890. The summed E-state index contributed by atoms with van der Waals surface area (Å²) in [5.41, 5.74) is 0.0912. The molecule has 0 radical (unpaired) electrons. The van der Waals surface area contributed by atoms with E-state index in [4.69, 9.17) is 0 Å². The highest BCUT2D eigenvalue weighted by atomic mass is 19.1. The van der Waals surface area contributed by atoms with Crippen LogP contribution in [-0.4, -0.2) is 5.11 Å². The minimum atomic E-state index is -0.764. The minimum absolute atomic E-state index is 0.238. The van der Waals surface area contributed by atoms with E-state index in [9.17, 15) is 9.50 Å². The van der Waals surface area contributed by atoms with Crippen LogP contribution in [0.25, 0.3) is 0 Å². The Morgan fingerprint density at radius 2 is 1.88 bits per heavy atom. The molecule has 0 aromatic heterocycles. The second kappa shape index (κ2) is 4.17. The van der Waals surface area contributed by atoms with Crippen molar-refractivity contribution in [1.82, 2.24) is 0 Å². The van der Waals surface area contributed by atoms with E-state index < -0.39 is 5.60 Å². The Morgan fingerprint density at radius 3 is 2.44 bits per heavy atom. The van der Waals surface area contributed by atoms with Gasteiger partial charge in [-0.1, -0.05) is 26.0 Å². The van der Waals surface area contributed by atoms with Crippen molar-refractivity contribution in [3.05, 3.63) is 35.6 Å². The van der Waals surface area contributed by atoms with E-state index in [2.05, 4.69) is 13.8 Å². The van der Waals surface area contributed by atoms with Crippen LogP contribution in [0, 0.1) is 17.7 Å². The van der Waals surface area contributed by atoms with Crippen LogP contribution in [0.15, 0.2) is 24.3 Å². The summed E-state index contributed by atoms with van der Waals surface area (Å²) >= 11 is 0. The van der Waals surface area contributed by atoms with E-state index in [-0.39, 0.29) is 11.7 Å². The van der Waals surface area contributed by atoms with Crippen molar-refractivity contribution >= 4 is 0 Å². The maximum Gasteiger partial charge on any atom is 0.123 e. The van der Waals surface area contributed by atoms with Gasteiger partial charge in [0.25, 0.3) is 0 Å². The predicted octanol–water partition coefficient (Wildman–Crippen LogP) is 3.47. The molecule has 2 rings (SSSR count). The summed E-state index contributed by atoms with van der Waals surface area (Å²) in [6.45, 7) is 4.31. The lowest BCUT2D eigenvalue weighted by atomic mass is 9.69. The monoisotopic (exact) mass is 222 g/mol. The summed E-state index contributed by atoms with van der Waals surface area (Å²) in [5.74, 6) is 0.668. The summed E-state index contributed by atoms with van der Waals surface area (Å²) < 4.78 is 12.9. The normalized spacial score (nSPS) is 35.0. The molecule has 1 saturated carbocycles. The van der Waals surface area contributed by atoms with Crippen LogP contribution in [0.4, 0.5) is 4.39 Å². The molecule has 16 heavy (non-hydrogen) atoms. The highest BCUT2D eigenvalue weighted by Gasteiger charge is 2.39. The van der Waals surface area contributed by atoms with Crippen molar-refractivity contribution in [2.75, 3.05) is 0 Å². The molecule has 1 aromatic rings. The average molecular weight is 222 g/mol. The summed E-state index contributed by atoms with van der Waals surface area (Å²) in [6, 6.07) is 6.28. The molecule has 3 unspecified atom stereocenters. The van der Waals surface area contributed by atoms with Crippen LogP contribution in [0.1, 0.15) is 38.7 Å². The highest BCUT2D eigenvalue weighted by molar-refractivity contribution is 5.24. The highest BCUT2D eigenvalue weighted by Crippen LogP contribution is 2.43. The third-order valence-electron chi connectivity index (χ3n) is 3.93. The van der Waals surface area contributed by atoms with Gasteiger partial charge >= 0.3 is 0 Å². The Labute approximate surface area is 96.3 Å². The second-order valence-electron chi connectivity index (χ2n) is 5.21. The van der Waals surface area contributed by atoms with Crippen molar-refractivity contribution < 1.29 is 9.50 Å². The predicted molar refractivity (Wildman–Crippen MR) is 62.5 cm³/mol. The molecule has 0 saturated heterocycles. The minimum Gasteiger partial charge on any atom is -0.385 e. The first-order chi connectivity index (χ1) is 7.52. The fourth-order valence-corrected chi connectivity index (χ4v) is 2.80. The van der Waals surface area contributed by atoms with Gasteiger partial charge in [0.2, 0.25) is 0 Å². The van der Waals surface area contributed by atoms with Crippen LogP contribution in [0.3, 0.4) is 0 Å². The van der Waals surface area contributed by atoms with Gasteiger partial charge in [-0.3, -0.25) is 0 Å². The smallest absolute Gasteiger partial charge is 0.123 e. The zero-order valence-electron chi connectivity index (χ0n) is 9.91. The first-order valence-corrected chi connectivity index (χ1v) is 6.01. The molecule has 1 N–H and O–H groups in total. The van der Waals surface area contributed by atoms with Crippen molar-refractivity contribution in [3.8, 4) is 0 Å². The molecule has 1 fully saturated rings. The topological polar surface area (TPSA) is 20.2 Å². The summed E-state index contributed by atoms with van der Waals surface area (Å²) in [6.07, 6.45) is 2.85. The lowest BCUT2D eigenvalue weighted by molar-refractivity contribution is -0.0588. The molecule has 0 amide bonds. The standard InChI is InChI=1S/C14H19FO/c1-10-7-8-14(16,11(2)9-10)12-3-5-13(15)6-4-12/h3-6,10-11,16H,7-9H2,1-2H3. The van der Waals surface area contributed by atoms with Crippen molar-refractivity contribution in [3.63, 3.8) is 0 Å². The largest absolute Gasteiger partial charge is 0.385 e. The number of hydrogen-bond acceptors (Lipinski definition) is 1. The molecule has 0 heterocycles. The van der Waals surface area contributed by atoms with Crippen LogP contribution in [0.5, 0.6) is 0 Å². The van der Waals surface area contributed by atoms with Gasteiger partial charge in [0.15, 0.2) is 0 Å². The Balaban J connectivity index is 2.27. The Kier molecular flexibility index (Phi) is 3.02. The molecule has 1 aliphatic rings. The fraction of sp³-hybridized carbons (Fsp3) is 0.571. The Bertz CT molecular complexity index is 360. The first kappa shape index (κ1) is 11.6. The van der Waals surface area contributed by atoms with Gasteiger partial charge < -0.3 is 5.11 Å². The molecule has 0 bridgehead atoms. The molecule has 3 atom stereocenters. The van der Waals surface area contributed by atoms with E-state index in [1.165, 1.54) is 12.1 Å². The zero-order chi connectivity index (χ0) is 11.8. The van der Waals surface area contributed by atoms with Crippen molar-refractivity contribution in [2.45, 2.75) is 38.7 Å². The van der Waals surface area contributed by atoms with E-state index in [0.29, 0.717) is 5.92 Å². The lowest BCUT2D eigenvalue weighted by Crippen LogP contribution is -2.38. The van der Waals surface area contributed by atoms with Gasteiger partial charge in [0, 0.05) is 0 Å². The third-order valence-corrected chi connectivity index (χ3v) is 3.93. The van der Waals surface area contributed by atoms with E-state index in [1.54, 1.807) is 12.1 Å². The molecule has 1 aromatic carbocycles. The molecule has 0 spiro atoms.